The van der Waals surface area contributed by atoms with Crippen molar-refractivity contribution >= 4 is 29.4 Å². The summed E-state index contributed by atoms with van der Waals surface area (Å²) < 4.78 is 10.6. The van der Waals surface area contributed by atoms with Crippen LogP contribution in [0.15, 0.2) is 24.3 Å². The summed E-state index contributed by atoms with van der Waals surface area (Å²) in [5.74, 6) is -1.11. The second-order valence-electron chi connectivity index (χ2n) is 6.67. The van der Waals surface area contributed by atoms with E-state index in [1.165, 1.54) is 6.92 Å². The van der Waals surface area contributed by atoms with Crippen molar-refractivity contribution in [1.29, 1.82) is 0 Å². The molecule has 6 nitrogen and oxygen atoms in total. The van der Waals surface area contributed by atoms with E-state index in [1.807, 2.05) is 0 Å². The van der Waals surface area contributed by atoms with Gasteiger partial charge in [0.15, 0.2) is 0 Å². The molecule has 3 rings (SSSR count). The Bertz CT molecular complexity index is 683. The summed E-state index contributed by atoms with van der Waals surface area (Å²) in [6.07, 6.45) is 3.34. The van der Waals surface area contributed by atoms with Gasteiger partial charge in [0, 0.05) is 0 Å². The molecule has 2 fully saturated rings. The van der Waals surface area contributed by atoms with Crippen LogP contribution in [0.5, 0.6) is 5.75 Å². The Morgan fingerprint density at radius 3 is 2.38 bits per heavy atom. The fraction of sp³-hybridized carbons (Fsp3) is 0.526. The van der Waals surface area contributed by atoms with Crippen molar-refractivity contribution in [2.75, 3.05) is 13.2 Å². The van der Waals surface area contributed by atoms with Crippen LogP contribution in [0.25, 0.3) is 0 Å². The van der Waals surface area contributed by atoms with Gasteiger partial charge in [-0.15, -0.1) is 0 Å². The normalized spacial score (nSPS) is 23.5. The van der Waals surface area contributed by atoms with E-state index in [2.05, 4.69) is 0 Å². The molecule has 0 aromatic heterocycles. The Labute approximate surface area is 157 Å². The van der Waals surface area contributed by atoms with Crippen molar-refractivity contribution < 1.29 is 23.9 Å². The molecule has 1 saturated heterocycles. The first-order valence-corrected chi connectivity index (χ1v) is 9.29. The van der Waals surface area contributed by atoms with E-state index in [0.29, 0.717) is 10.8 Å². The molecule has 1 aromatic carbocycles. The SMILES string of the molecule is C[C@H](C(=O)OCCOc1ccccc1Cl)N1C(=O)[C@H]2CCCC[C@@H]2C1=O. The van der Waals surface area contributed by atoms with E-state index in [-0.39, 0.29) is 36.9 Å². The second kappa shape index (κ2) is 8.08. The number of carbonyl (C=O) groups is 3. The van der Waals surface area contributed by atoms with Crippen molar-refractivity contribution in [2.24, 2.45) is 11.8 Å². The molecule has 26 heavy (non-hydrogen) atoms. The van der Waals surface area contributed by atoms with Gasteiger partial charge in [0.1, 0.15) is 25.0 Å². The third kappa shape index (κ3) is 3.70. The monoisotopic (exact) mass is 379 g/mol. The Hall–Kier alpha value is -2.08. The third-order valence-corrected chi connectivity index (χ3v) is 5.34. The van der Waals surface area contributed by atoms with Gasteiger partial charge in [-0.25, -0.2) is 4.79 Å². The zero-order valence-electron chi connectivity index (χ0n) is 14.7. The minimum atomic E-state index is -0.916. The van der Waals surface area contributed by atoms with Gasteiger partial charge >= 0.3 is 5.97 Å². The predicted octanol–water partition coefficient (Wildman–Crippen LogP) is 2.83. The van der Waals surface area contributed by atoms with Crippen LogP contribution in [0.2, 0.25) is 5.02 Å². The number of ether oxygens (including phenoxy) is 2. The highest BCUT2D eigenvalue weighted by atomic mass is 35.5. The van der Waals surface area contributed by atoms with Crippen LogP contribution in [0.4, 0.5) is 0 Å². The van der Waals surface area contributed by atoms with E-state index in [0.717, 1.165) is 30.6 Å². The number of halogens is 1. The highest BCUT2D eigenvalue weighted by Gasteiger charge is 2.51. The zero-order valence-corrected chi connectivity index (χ0v) is 15.4. The molecule has 2 aliphatic rings. The van der Waals surface area contributed by atoms with Gasteiger partial charge in [-0.3, -0.25) is 14.5 Å². The number of fused-ring (bicyclic) bond motifs is 1. The number of likely N-dealkylation sites (tertiary alicyclic amines) is 1. The molecule has 140 valence electrons. The summed E-state index contributed by atoms with van der Waals surface area (Å²) in [6.45, 7) is 1.68. The lowest BCUT2D eigenvalue weighted by atomic mass is 9.81. The van der Waals surface area contributed by atoms with Crippen LogP contribution in [-0.4, -0.2) is 41.9 Å². The third-order valence-electron chi connectivity index (χ3n) is 5.03. The van der Waals surface area contributed by atoms with Crippen molar-refractivity contribution in [3.8, 4) is 5.75 Å². The van der Waals surface area contributed by atoms with Crippen LogP contribution >= 0.6 is 11.6 Å². The smallest absolute Gasteiger partial charge is 0.329 e. The Morgan fingerprint density at radius 2 is 1.77 bits per heavy atom. The van der Waals surface area contributed by atoms with Crippen molar-refractivity contribution in [3.05, 3.63) is 29.3 Å². The van der Waals surface area contributed by atoms with Gasteiger partial charge in [0.2, 0.25) is 11.8 Å². The molecule has 1 aliphatic carbocycles. The number of imide groups is 1. The zero-order chi connectivity index (χ0) is 18.7. The van der Waals surface area contributed by atoms with Crippen LogP contribution in [0.3, 0.4) is 0 Å². The number of para-hydroxylation sites is 1. The largest absolute Gasteiger partial charge is 0.488 e. The maximum atomic E-state index is 12.5. The summed E-state index contributed by atoms with van der Waals surface area (Å²) in [5.41, 5.74) is 0. The van der Waals surface area contributed by atoms with Gasteiger partial charge in [-0.2, -0.15) is 0 Å². The topological polar surface area (TPSA) is 72.9 Å². The average molecular weight is 380 g/mol. The number of hydrogen-bond donors (Lipinski definition) is 0. The number of hydrogen-bond acceptors (Lipinski definition) is 5. The van der Waals surface area contributed by atoms with E-state index < -0.39 is 12.0 Å². The first kappa shape index (κ1) is 18.7. The Morgan fingerprint density at radius 1 is 1.15 bits per heavy atom. The lowest BCUT2D eigenvalue weighted by Crippen LogP contribution is -2.44. The first-order valence-electron chi connectivity index (χ1n) is 8.91. The number of amides is 2. The highest BCUT2D eigenvalue weighted by molar-refractivity contribution is 6.32. The van der Waals surface area contributed by atoms with Gasteiger partial charge < -0.3 is 9.47 Å². The molecule has 7 heteroatoms. The molecule has 0 N–H and O–H groups in total. The summed E-state index contributed by atoms with van der Waals surface area (Å²) in [5, 5.41) is 0.475. The number of nitrogens with zero attached hydrogens (tertiary/aromatic N) is 1. The summed E-state index contributed by atoms with van der Waals surface area (Å²) >= 11 is 5.98. The molecule has 1 saturated carbocycles. The first-order chi connectivity index (χ1) is 12.5. The van der Waals surface area contributed by atoms with E-state index in [1.54, 1.807) is 24.3 Å². The molecule has 0 radical (unpaired) electrons. The molecule has 0 spiro atoms. The van der Waals surface area contributed by atoms with Gasteiger partial charge in [-0.1, -0.05) is 36.6 Å². The van der Waals surface area contributed by atoms with E-state index in [4.69, 9.17) is 21.1 Å². The quantitative estimate of drug-likeness (QED) is 0.431. The maximum Gasteiger partial charge on any atom is 0.329 e. The average Bonchev–Trinajstić information content (AvgIpc) is 2.90. The predicted molar refractivity (Wildman–Crippen MR) is 94.7 cm³/mol. The molecular weight excluding hydrogens is 358 g/mol. The molecule has 3 atom stereocenters. The molecule has 0 bridgehead atoms. The van der Waals surface area contributed by atoms with Crippen LogP contribution in [0, 0.1) is 11.8 Å². The van der Waals surface area contributed by atoms with Gasteiger partial charge in [0.25, 0.3) is 0 Å². The number of carbonyl (C=O) groups excluding carboxylic acids is 3. The highest BCUT2D eigenvalue weighted by Crippen LogP contribution is 2.38. The number of esters is 1. The second-order valence-corrected chi connectivity index (χ2v) is 7.07. The minimum Gasteiger partial charge on any atom is -0.488 e. The maximum absolute atomic E-state index is 12.5. The standard InChI is InChI=1S/C19H22ClNO5/c1-12(21-17(22)13-6-2-3-7-14(13)18(21)23)19(24)26-11-10-25-16-9-5-4-8-15(16)20/h4-5,8-9,12-14H,2-3,6-7,10-11H2,1H3/t12-,13+,14+/m1/s1. The van der Waals surface area contributed by atoms with Crippen molar-refractivity contribution in [3.63, 3.8) is 0 Å². The van der Waals surface area contributed by atoms with Crippen LogP contribution in [-0.2, 0) is 19.1 Å². The molecular formula is C19H22ClNO5. The fourth-order valence-electron chi connectivity index (χ4n) is 3.65. The molecule has 0 unspecified atom stereocenters. The van der Waals surface area contributed by atoms with Gasteiger partial charge in [0.05, 0.1) is 16.9 Å². The fourth-order valence-corrected chi connectivity index (χ4v) is 3.84. The van der Waals surface area contributed by atoms with E-state index >= 15 is 0 Å². The molecule has 1 aliphatic heterocycles. The van der Waals surface area contributed by atoms with Crippen molar-refractivity contribution in [1.82, 2.24) is 4.90 Å². The van der Waals surface area contributed by atoms with Crippen LogP contribution in [0.1, 0.15) is 32.6 Å². The summed E-state index contributed by atoms with van der Waals surface area (Å²) in [7, 11) is 0. The lowest BCUT2D eigenvalue weighted by molar-refractivity contribution is -0.158. The van der Waals surface area contributed by atoms with Crippen molar-refractivity contribution in [2.45, 2.75) is 38.6 Å². The Balaban J connectivity index is 1.51. The summed E-state index contributed by atoms with van der Waals surface area (Å²) in [6, 6.07) is 6.09. The molecule has 1 heterocycles. The number of benzene rings is 1. The van der Waals surface area contributed by atoms with Crippen LogP contribution < -0.4 is 4.74 Å². The van der Waals surface area contributed by atoms with E-state index in [9.17, 15) is 14.4 Å². The number of rotatable bonds is 6. The van der Waals surface area contributed by atoms with Gasteiger partial charge in [-0.05, 0) is 31.9 Å². The molecule has 1 aromatic rings. The minimum absolute atomic E-state index is 0.0114. The Kier molecular flexibility index (Phi) is 5.81. The summed E-state index contributed by atoms with van der Waals surface area (Å²) in [4.78, 5) is 38.4. The molecule has 2 amide bonds. The lowest BCUT2D eigenvalue weighted by Gasteiger charge is -2.21.